The molecule has 1 atom stereocenters. The molecular weight excluding hydrogens is 252 g/mol. The van der Waals surface area contributed by atoms with Gasteiger partial charge in [0.05, 0.1) is 6.61 Å². The lowest BCUT2D eigenvalue weighted by Gasteiger charge is -2.09. The lowest BCUT2D eigenvalue weighted by atomic mass is 10.2. The van der Waals surface area contributed by atoms with E-state index in [0.29, 0.717) is 11.8 Å². The van der Waals surface area contributed by atoms with Crippen LogP contribution in [0.3, 0.4) is 0 Å². The van der Waals surface area contributed by atoms with Gasteiger partial charge in [-0.05, 0) is 20.3 Å². The van der Waals surface area contributed by atoms with Crippen LogP contribution in [0.15, 0.2) is 16.0 Å². The molecule has 100 valence electrons. The summed E-state index contributed by atoms with van der Waals surface area (Å²) in [4.78, 5) is 29.8. The molecule has 1 N–H and O–H groups in total. The van der Waals surface area contributed by atoms with E-state index in [-0.39, 0.29) is 16.8 Å². The van der Waals surface area contributed by atoms with Crippen LogP contribution in [0.5, 0.6) is 0 Å². The number of carbonyl (C=O) groups is 1. The van der Waals surface area contributed by atoms with E-state index in [9.17, 15) is 9.59 Å². The van der Waals surface area contributed by atoms with Gasteiger partial charge in [0.1, 0.15) is 5.25 Å². The third kappa shape index (κ3) is 4.52. The van der Waals surface area contributed by atoms with E-state index in [1.54, 1.807) is 13.8 Å². The number of nitrogens with zero attached hydrogens (tertiary/aromatic N) is 1. The zero-order valence-electron chi connectivity index (χ0n) is 10.9. The Morgan fingerprint density at radius 3 is 2.89 bits per heavy atom. The van der Waals surface area contributed by atoms with Gasteiger partial charge < -0.3 is 9.72 Å². The predicted octanol–water partition coefficient (Wildman–Crippen LogP) is 1.77. The molecule has 0 aliphatic carbocycles. The molecule has 1 aromatic rings. The number of nitrogens with one attached hydrogen (secondary N) is 1. The van der Waals surface area contributed by atoms with Crippen molar-refractivity contribution in [3.8, 4) is 0 Å². The highest BCUT2D eigenvalue weighted by Gasteiger charge is 2.17. The largest absolute Gasteiger partial charge is 0.465 e. The molecule has 5 nitrogen and oxygen atoms in total. The number of ether oxygens (including phenoxy) is 1. The Kier molecular flexibility index (Phi) is 5.91. The van der Waals surface area contributed by atoms with Crippen LogP contribution in [0.4, 0.5) is 0 Å². The summed E-state index contributed by atoms with van der Waals surface area (Å²) in [6, 6.07) is 1.49. The topological polar surface area (TPSA) is 72.0 Å². The third-order valence-electron chi connectivity index (χ3n) is 2.19. The molecule has 0 saturated carbocycles. The number of esters is 1. The minimum atomic E-state index is -0.384. The molecule has 0 aliphatic heterocycles. The SMILES string of the molecule is CCCc1cc(=O)[nH]c(SC(C)C(=O)OCC)n1. The van der Waals surface area contributed by atoms with Gasteiger partial charge in [-0.25, -0.2) is 4.98 Å². The van der Waals surface area contributed by atoms with Crippen LogP contribution in [0.25, 0.3) is 0 Å². The molecule has 0 saturated heterocycles. The van der Waals surface area contributed by atoms with Gasteiger partial charge >= 0.3 is 5.97 Å². The monoisotopic (exact) mass is 270 g/mol. The summed E-state index contributed by atoms with van der Waals surface area (Å²) in [5, 5.41) is 0.0801. The second-order valence-electron chi connectivity index (χ2n) is 3.80. The number of thioether (sulfide) groups is 1. The van der Waals surface area contributed by atoms with Crippen molar-refractivity contribution < 1.29 is 9.53 Å². The van der Waals surface area contributed by atoms with E-state index in [4.69, 9.17) is 4.74 Å². The van der Waals surface area contributed by atoms with Crippen molar-refractivity contribution >= 4 is 17.7 Å². The minimum absolute atomic E-state index is 0.188. The predicted molar refractivity (Wildman–Crippen MR) is 70.8 cm³/mol. The number of hydrogen-bond donors (Lipinski definition) is 1. The molecule has 18 heavy (non-hydrogen) atoms. The third-order valence-corrected chi connectivity index (χ3v) is 3.15. The molecule has 0 aliphatic rings. The van der Waals surface area contributed by atoms with Crippen LogP contribution < -0.4 is 5.56 Å². The summed E-state index contributed by atoms with van der Waals surface area (Å²) in [6.07, 6.45) is 1.68. The van der Waals surface area contributed by atoms with Gasteiger partial charge in [0.15, 0.2) is 5.16 Å². The van der Waals surface area contributed by atoms with Crippen molar-refractivity contribution in [1.29, 1.82) is 0 Å². The maximum atomic E-state index is 11.5. The van der Waals surface area contributed by atoms with Crippen LogP contribution >= 0.6 is 11.8 Å². The van der Waals surface area contributed by atoms with Crippen molar-refractivity contribution in [3.05, 3.63) is 22.1 Å². The van der Waals surface area contributed by atoms with E-state index in [0.717, 1.165) is 18.5 Å². The highest BCUT2D eigenvalue weighted by molar-refractivity contribution is 8.00. The summed E-state index contributed by atoms with van der Waals surface area (Å²) in [6.45, 7) is 5.87. The lowest BCUT2D eigenvalue weighted by molar-refractivity contribution is -0.142. The quantitative estimate of drug-likeness (QED) is 0.484. The highest BCUT2D eigenvalue weighted by Crippen LogP contribution is 2.19. The van der Waals surface area contributed by atoms with Crippen molar-refractivity contribution in [2.24, 2.45) is 0 Å². The molecular formula is C12H18N2O3S. The molecule has 0 spiro atoms. The normalized spacial score (nSPS) is 12.2. The zero-order valence-corrected chi connectivity index (χ0v) is 11.7. The molecule has 6 heteroatoms. The van der Waals surface area contributed by atoms with Gasteiger partial charge in [0.25, 0.3) is 5.56 Å². The summed E-state index contributed by atoms with van der Waals surface area (Å²) in [5.74, 6) is -0.300. The van der Waals surface area contributed by atoms with Crippen molar-refractivity contribution in [2.45, 2.75) is 44.0 Å². The van der Waals surface area contributed by atoms with Crippen LogP contribution in [0.1, 0.15) is 32.9 Å². The number of aryl methyl sites for hydroxylation is 1. The molecule has 0 amide bonds. The Labute approximate surface area is 110 Å². The van der Waals surface area contributed by atoms with E-state index >= 15 is 0 Å². The lowest BCUT2D eigenvalue weighted by Crippen LogP contribution is -2.18. The maximum Gasteiger partial charge on any atom is 0.319 e. The second kappa shape index (κ2) is 7.20. The average molecular weight is 270 g/mol. The average Bonchev–Trinajstić information content (AvgIpc) is 2.28. The van der Waals surface area contributed by atoms with E-state index in [1.165, 1.54) is 17.8 Å². The van der Waals surface area contributed by atoms with Gasteiger partial charge in [0.2, 0.25) is 0 Å². The molecule has 1 unspecified atom stereocenters. The van der Waals surface area contributed by atoms with E-state index in [2.05, 4.69) is 9.97 Å². The Balaban J connectivity index is 2.77. The molecule has 0 aromatic carbocycles. The van der Waals surface area contributed by atoms with Crippen LogP contribution in [-0.4, -0.2) is 27.8 Å². The highest BCUT2D eigenvalue weighted by atomic mass is 32.2. The van der Waals surface area contributed by atoms with Gasteiger partial charge in [-0.2, -0.15) is 0 Å². The summed E-state index contributed by atoms with van der Waals surface area (Å²) in [7, 11) is 0. The maximum absolute atomic E-state index is 11.5. The first-order valence-corrected chi connectivity index (χ1v) is 6.88. The Bertz CT molecular complexity index is 459. The zero-order chi connectivity index (χ0) is 13.5. The van der Waals surface area contributed by atoms with E-state index < -0.39 is 0 Å². The molecule has 1 rings (SSSR count). The first-order chi connectivity index (χ1) is 8.56. The van der Waals surface area contributed by atoms with Gasteiger partial charge in [-0.1, -0.05) is 25.1 Å². The molecule has 0 bridgehead atoms. The summed E-state index contributed by atoms with van der Waals surface area (Å²) < 4.78 is 4.90. The Morgan fingerprint density at radius 1 is 1.56 bits per heavy atom. The number of rotatable bonds is 6. The second-order valence-corrected chi connectivity index (χ2v) is 5.13. The number of H-pyrrole nitrogens is 1. The molecule has 0 radical (unpaired) electrons. The minimum Gasteiger partial charge on any atom is -0.465 e. The number of hydrogen-bond acceptors (Lipinski definition) is 5. The van der Waals surface area contributed by atoms with Gasteiger partial charge in [0, 0.05) is 11.8 Å². The standard InChI is InChI=1S/C12H18N2O3S/c1-4-6-9-7-10(15)14-12(13-9)18-8(3)11(16)17-5-2/h7-8H,4-6H2,1-3H3,(H,13,14,15). The Hall–Kier alpha value is -1.30. The number of aromatic nitrogens is 2. The first kappa shape index (κ1) is 14.8. The number of carbonyl (C=O) groups excluding carboxylic acids is 1. The fourth-order valence-electron chi connectivity index (χ4n) is 1.40. The fraction of sp³-hybridized carbons (Fsp3) is 0.583. The van der Waals surface area contributed by atoms with Crippen molar-refractivity contribution in [1.82, 2.24) is 9.97 Å². The van der Waals surface area contributed by atoms with Crippen LogP contribution in [-0.2, 0) is 16.0 Å². The van der Waals surface area contributed by atoms with Crippen molar-refractivity contribution in [3.63, 3.8) is 0 Å². The fourth-order valence-corrected chi connectivity index (χ4v) is 2.23. The van der Waals surface area contributed by atoms with Crippen molar-refractivity contribution in [2.75, 3.05) is 6.61 Å². The first-order valence-electron chi connectivity index (χ1n) is 6.00. The molecule has 0 fully saturated rings. The van der Waals surface area contributed by atoms with Gasteiger partial charge in [-0.3, -0.25) is 9.59 Å². The summed E-state index contributed by atoms with van der Waals surface area (Å²) >= 11 is 1.20. The van der Waals surface area contributed by atoms with Gasteiger partial charge in [-0.15, -0.1) is 0 Å². The van der Waals surface area contributed by atoms with Crippen LogP contribution in [0, 0.1) is 0 Å². The molecule has 1 aromatic heterocycles. The Morgan fingerprint density at radius 2 is 2.28 bits per heavy atom. The number of aromatic amines is 1. The van der Waals surface area contributed by atoms with Crippen LogP contribution in [0.2, 0.25) is 0 Å². The smallest absolute Gasteiger partial charge is 0.319 e. The molecule has 1 heterocycles. The summed E-state index contributed by atoms with van der Waals surface area (Å²) in [5.41, 5.74) is 0.562. The van der Waals surface area contributed by atoms with E-state index in [1.807, 2.05) is 6.92 Å².